The lowest BCUT2D eigenvalue weighted by atomic mass is 10.1. The molecule has 1 atom stereocenters. The number of aromatic nitrogens is 2. The smallest absolute Gasteiger partial charge is 0.266 e. The number of nitrogens with one attached hydrogen (secondary N) is 1. The molecule has 31 heavy (non-hydrogen) atoms. The average Bonchev–Trinajstić information content (AvgIpc) is 3.22. The molecule has 1 aromatic heterocycles. The molecule has 1 amide bonds. The number of rotatable bonds is 7. The van der Waals surface area contributed by atoms with Gasteiger partial charge in [0, 0.05) is 16.7 Å². The highest BCUT2D eigenvalue weighted by molar-refractivity contribution is 6.30. The number of carbonyl (C=O) groups is 1. The van der Waals surface area contributed by atoms with Crippen molar-refractivity contribution in [1.29, 1.82) is 0 Å². The standard InChI is InChI=1S/C25H22ClN3O2/c1-2-23(31-21-14-7-4-8-15-21)25(30)27-24-17-22(18-10-9-11-19(26)16-18)28-29(24)20-12-5-3-6-13-20/h3-17,23H,2H2,1H3,(H,27,30). The van der Waals surface area contributed by atoms with E-state index in [0.29, 0.717) is 28.7 Å². The first kappa shape index (κ1) is 20.7. The van der Waals surface area contributed by atoms with Gasteiger partial charge in [-0.05, 0) is 42.8 Å². The van der Waals surface area contributed by atoms with E-state index in [0.717, 1.165) is 11.3 Å². The Bertz CT molecular complexity index is 1160. The number of amides is 1. The van der Waals surface area contributed by atoms with Crippen molar-refractivity contribution in [2.75, 3.05) is 5.32 Å². The van der Waals surface area contributed by atoms with Gasteiger partial charge in [0.1, 0.15) is 11.6 Å². The molecule has 0 bridgehead atoms. The summed E-state index contributed by atoms with van der Waals surface area (Å²) in [7, 11) is 0. The van der Waals surface area contributed by atoms with Crippen molar-refractivity contribution in [3.8, 4) is 22.7 Å². The van der Waals surface area contributed by atoms with Crippen molar-refractivity contribution in [2.24, 2.45) is 0 Å². The van der Waals surface area contributed by atoms with E-state index in [4.69, 9.17) is 21.4 Å². The first-order valence-corrected chi connectivity index (χ1v) is 10.5. The average molecular weight is 432 g/mol. The van der Waals surface area contributed by atoms with Crippen molar-refractivity contribution in [1.82, 2.24) is 9.78 Å². The van der Waals surface area contributed by atoms with Gasteiger partial charge in [-0.1, -0.05) is 67.1 Å². The van der Waals surface area contributed by atoms with Gasteiger partial charge in [0.2, 0.25) is 0 Å². The van der Waals surface area contributed by atoms with Gasteiger partial charge in [0.05, 0.1) is 11.4 Å². The van der Waals surface area contributed by atoms with Crippen LogP contribution in [0.25, 0.3) is 16.9 Å². The highest BCUT2D eigenvalue weighted by Gasteiger charge is 2.21. The fourth-order valence-electron chi connectivity index (χ4n) is 3.22. The van der Waals surface area contributed by atoms with Crippen LogP contribution in [0, 0.1) is 0 Å². The second-order valence-corrected chi connectivity index (χ2v) is 7.43. The lowest BCUT2D eigenvalue weighted by Crippen LogP contribution is -2.33. The normalized spacial score (nSPS) is 11.7. The maximum Gasteiger partial charge on any atom is 0.266 e. The number of carbonyl (C=O) groups excluding carboxylic acids is 1. The third kappa shape index (κ3) is 4.95. The molecular weight excluding hydrogens is 410 g/mol. The Morgan fingerprint density at radius 3 is 2.39 bits per heavy atom. The summed E-state index contributed by atoms with van der Waals surface area (Å²) >= 11 is 6.16. The Morgan fingerprint density at radius 1 is 1.00 bits per heavy atom. The van der Waals surface area contributed by atoms with Crippen LogP contribution < -0.4 is 10.1 Å². The number of halogens is 1. The maximum atomic E-state index is 13.0. The maximum absolute atomic E-state index is 13.0. The molecule has 6 heteroatoms. The first-order chi connectivity index (χ1) is 15.1. The summed E-state index contributed by atoms with van der Waals surface area (Å²) in [6.45, 7) is 1.92. The Morgan fingerprint density at radius 2 is 1.71 bits per heavy atom. The van der Waals surface area contributed by atoms with E-state index >= 15 is 0 Å². The molecule has 156 valence electrons. The van der Waals surface area contributed by atoms with Crippen molar-refractivity contribution in [3.63, 3.8) is 0 Å². The zero-order valence-corrected chi connectivity index (χ0v) is 17.8. The minimum atomic E-state index is -0.629. The van der Waals surface area contributed by atoms with Crippen LogP contribution in [0.2, 0.25) is 5.02 Å². The zero-order chi connectivity index (χ0) is 21.6. The monoisotopic (exact) mass is 431 g/mol. The van der Waals surface area contributed by atoms with Crippen molar-refractivity contribution in [2.45, 2.75) is 19.4 Å². The Hall–Kier alpha value is -3.57. The molecule has 0 aliphatic heterocycles. The summed E-state index contributed by atoms with van der Waals surface area (Å²) in [5.74, 6) is 0.975. The number of hydrogen-bond donors (Lipinski definition) is 1. The summed E-state index contributed by atoms with van der Waals surface area (Å²) < 4.78 is 7.60. The van der Waals surface area contributed by atoms with Crippen molar-refractivity contribution < 1.29 is 9.53 Å². The minimum absolute atomic E-state index is 0.235. The third-order valence-electron chi connectivity index (χ3n) is 4.77. The predicted octanol–water partition coefficient (Wildman–Crippen LogP) is 5.99. The molecule has 1 unspecified atom stereocenters. The quantitative estimate of drug-likeness (QED) is 0.391. The van der Waals surface area contributed by atoms with Gasteiger partial charge >= 0.3 is 0 Å². The second-order valence-electron chi connectivity index (χ2n) is 6.99. The molecule has 4 aromatic rings. The van der Waals surface area contributed by atoms with Gasteiger partial charge in [-0.25, -0.2) is 4.68 Å². The summed E-state index contributed by atoms with van der Waals surface area (Å²) in [5.41, 5.74) is 2.41. The molecule has 0 aliphatic carbocycles. The first-order valence-electron chi connectivity index (χ1n) is 10.1. The SMILES string of the molecule is CCC(Oc1ccccc1)C(=O)Nc1cc(-c2cccc(Cl)c2)nn1-c1ccccc1. The third-order valence-corrected chi connectivity index (χ3v) is 5.00. The molecule has 3 aromatic carbocycles. The summed E-state index contributed by atoms with van der Waals surface area (Å²) in [6, 6.07) is 28.3. The molecule has 0 saturated carbocycles. The van der Waals surface area contributed by atoms with Crippen LogP contribution in [-0.4, -0.2) is 21.8 Å². The number of benzene rings is 3. The van der Waals surface area contributed by atoms with E-state index in [-0.39, 0.29) is 5.91 Å². The van der Waals surface area contributed by atoms with E-state index in [9.17, 15) is 4.79 Å². The van der Waals surface area contributed by atoms with Crippen LogP contribution >= 0.6 is 11.6 Å². The van der Waals surface area contributed by atoms with E-state index < -0.39 is 6.10 Å². The van der Waals surface area contributed by atoms with Crippen LogP contribution in [0.4, 0.5) is 5.82 Å². The van der Waals surface area contributed by atoms with Gasteiger partial charge in [-0.15, -0.1) is 0 Å². The summed E-state index contributed by atoms with van der Waals surface area (Å²) in [5, 5.41) is 8.33. The molecule has 5 nitrogen and oxygen atoms in total. The number of nitrogens with zero attached hydrogens (tertiary/aromatic N) is 2. The number of anilines is 1. The van der Waals surface area contributed by atoms with Gasteiger partial charge in [0.25, 0.3) is 5.91 Å². The Labute approximate surface area is 186 Å². The fraction of sp³-hybridized carbons (Fsp3) is 0.120. The van der Waals surface area contributed by atoms with Gasteiger partial charge in [0.15, 0.2) is 6.10 Å². The minimum Gasteiger partial charge on any atom is -0.481 e. The predicted molar refractivity (Wildman–Crippen MR) is 124 cm³/mol. The molecule has 0 spiro atoms. The van der Waals surface area contributed by atoms with Gasteiger partial charge < -0.3 is 10.1 Å². The van der Waals surface area contributed by atoms with Gasteiger partial charge in [-0.3, -0.25) is 4.79 Å². The highest BCUT2D eigenvalue weighted by atomic mass is 35.5. The van der Waals surface area contributed by atoms with Crippen LogP contribution in [0.5, 0.6) is 5.75 Å². The largest absolute Gasteiger partial charge is 0.481 e. The molecule has 4 rings (SSSR count). The Kier molecular flexibility index (Phi) is 6.34. The van der Waals surface area contributed by atoms with Gasteiger partial charge in [-0.2, -0.15) is 5.10 Å². The number of ether oxygens (including phenoxy) is 1. The molecule has 0 aliphatic rings. The molecule has 0 saturated heterocycles. The second kappa shape index (κ2) is 9.49. The zero-order valence-electron chi connectivity index (χ0n) is 17.0. The molecule has 1 N–H and O–H groups in total. The number of para-hydroxylation sites is 2. The van der Waals surface area contributed by atoms with E-state index in [1.54, 1.807) is 4.68 Å². The van der Waals surface area contributed by atoms with E-state index in [1.807, 2.05) is 97.9 Å². The topological polar surface area (TPSA) is 56.1 Å². The van der Waals surface area contributed by atoms with Crippen LogP contribution in [0.15, 0.2) is 91.0 Å². The lowest BCUT2D eigenvalue weighted by Gasteiger charge is -2.17. The van der Waals surface area contributed by atoms with Crippen LogP contribution in [0.1, 0.15) is 13.3 Å². The molecule has 0 fully saturated rings. The molecular formula is C25H22ClN3O2. The molecule has 1 heterocycles. The molecule has 0 radical (unpaired) electrons. The number of hydrogen-bond acceptors (Lipinski definition) is 3. The summed E-state index contributed by atoms with van der Waals surface area (Å²) in [6.07, 6.45) is -0.0995. The highest BCUT2D eigenvalue weighted by Crippen LogP contribution is 2.27. The lowest BCUT2D eigenvalue weighted by molar-refractivity contribution is -0.122. The van der Waals surface area contributed by atoms with E-state index in [1.165, 1.54) is 0 Å². The van der Waals surface area contributed by atoms with Crippen molar-refractivity contribution >= 4 is 23.3 Å². The Balaban J connectivity index is 1.65. The van der Waals surface area contributed by atoms with Crippen molar-refractivity contribution in [3.05, 3.63) is 96.0 Å². The van der Waals surface area contributed by atoms with Crippen LogP contribution in [-0.2, 0) is 4.79 Å². The van der Waals surface area contributed by atoms with Crippen LogP contribution in [0.3, 0.4) is 0 Å². The fourth-order valence-corrected chi connectivity index (χ4v) is 3.41. The summed E-state index contributed by atoms with van der Waals surface area (Å²) in [4.78, 5) is 13.0. The van der Waals surface area contributed by atoms with E-state index in [2.05, 4.69) is 5.32 Å².